The van der Waals surface area contributed by atoms with E-state index in [1.807, 2.05) is 31.2 Å². The highest BCUT2D eigenvalue weighted by Crippen LogP contribution is 2.12. The Morgan fingerprint density at radius 2 is 1.95 bits per heavy atom. The fourth-order valence-corrected chi connectivity index (χ4v) is 1.85. The lowest BCUT2D eigenvalue weighted by Crippen LogP contribution is -2.43. The molecule has 0 saturated heterocycles. The van der Waals surface area contributed by atoms with Gasteiger partial charge in [0.05, 0.1) is 6.42 Å². The van der Waals surface area contributed by atoms with Crippen LogP contribution in [0, 0.1) is 0 Å². The molecule has 6 heteroatoms. The molecular formula is C14H19ClN2O3. The maximum Gasteiger partial charge on any atom is 0.315 e. The SMILES string of the molecule is CCC(Cc1ccc(Cl)cc1)NC(=O)NCCC(=O)O. The Balaban J connectivity index is 2.40. The lowest BCUT2D eigenvalue weighted by Gasteiger charge is -2.17. The Labute approximate surface area is 123 Å². The maximum absolute atomic E-state index is 11.6. The van der Waals surface area contributed by atoms with Crippen LogP contribution in [-0.4, -0.2) is 29.7 Å². The number of amides is 2. The highest BCUT2D eigenvalue weighted by molar-refractivity contribution is 6.30. The van der Waals surface area contributed by atoms with Crippen molar-refractivity contribution in [3.63, 3.8) is 0 Å². The third kappa shape index (κ3) is 6.43. The summed E-state index contributed by atoms with van der Waals surface area (Å²) in [5, 5.41) is 14.5. The maximum atomic E-state index is 11.6. The molecule has 1 aromatic rings. The number of hydrogen-bond donors (Lipinski definition) is 3. The molecule has 1 aromatic carbocycles. The van der Waals surface area contributed by atoms with E-state index in [1.165, 1.54) is 0 Å². The zero-order chi connectivity index (χ0) is 15.0. The summed E-state index contributed by atoms with van der Waals surface area (Å²) in [6.07, 6.45) is 1.41. The smallest absolute Gasteiger partial charge is 0.315 e. The topological polar surface area (TPSA) is 78.4 Å². The van der Waals surface area contributed by atoms with Crippen molar-refractivity contribution < 1.29 is 14.7 Å². The largest absolute Gasteiger partial charge is 0.481 e. The number of carbonyl (C=O) groups is 2. The standard InChI is InChI=1S/C14H19ClN2O3/c1-2-12(9-10-3-5-11(15)6-4-10)17-14(20)16-8-7-13(18)19/h3-6,12H,2,7-9H2,1H3,(H,18,19)(H2,16,17,20). The Bertz CT molecular complexity index is 448. The van der Waals surface area contributed by atoms with Gasteiger partial charge in [-0.15, -0.1) is 0 Å². The second-order valence-corrected chi connectivity index (χ2v) is 4.92. The molecule has 0 aliphatic heterocycles. The van der Waals surface area contributed by atoms with Gasteiger partial charge in [0.1, 0.15) is 0 Å². The zero-order valence-electron chi connectivity index (χ0n) is 11.4. The lowest BCUT2D eigenvalue weighted by molar-refractivity contribution is -0.136. The van der Waals surface area contributed by atoms with E-state index in [-0.39, 0.29) is 25.0 Å². The zero-order valence-corrected chi connectivity index (χ0v) is 12.1. The number of benzene rings is 1. The first-order chi connectivity index (χ1) is 9.51. The fraction of sp³-hybridized carbons (Fsp3) is 0.429. The number of aliphatic carboxylic acids is 1. The molecule has 2 amide bonds. The van der Waals surface area contributed by atoms with Crippen LogP contribution in [0.1, 0.15) is 25.3 Å². The van der Waals surface area contributed by atoms with Gasteiger partial charge >= 0.3 is 12.0 Å². The molecule has 0 aromatic heterocycles. The molecule has 1 atom stereocenters. The van der Waals surface area contributed by atoms with E-state index in [0.717, 1.165) is 12.0 Å². The first kappa shape index (κ1) is 16.3. The molecule has 0 spiro atoms. The summed E-state index contributed by atoms with van der Waals surface area (Å²) in [6, 6.07) is 7.14. The minimum absolute atomic E-state index is 0.000929. The molecule has 1 rings (SSSR count). The van der Waals surface area contributed by atoms with Gasteiger partial charge < -0.3 is 15.7 Å². The van der Waals surface area contributed by atoms with Crippen molar-refractivity contribution >= 4 is 23.6 Å². The Morgan fingerprint density at radius 3 is 2.50 bits per heavy atom. The predicted octanol–water partition coefficient (Wildman–Crippen LogP) is 2.43. The summed E-state index contributed by atoms with van der Waals surface area (Å²) in [7, 11) is 0. The average molecular weight is 299 g/mol. The van der Waals surface area contributed by atoms with Gasteiger partial charge in [-0.25, -0.2) is 4.79 Å². The molecule has 0 heterocycles. The fourth-order valence-electron chi connectivity index (χ4n) is 1.72. The number of hydrogen-bond acceptors (Lipinski definition) is 2. The minimum atomic E-state index is -0.932. The molecule has 5 nitrogen and oxygen atoms in total. The molecule has 0 aliphatic carbocycles. The van der Waals surface area contributed by atoms with Crippen molar-refractivity contribution in [2.45, 2.75) is 32.2 Å². The number of urea groups is 1. The number of rotatable bonds is 7. The number of nitrogens with one attached hydrogen (secondary N) is 2. The van der Waals surface area contributed by atoms with E-state index in [0.29, 0.717) is 11.4 Å². The molecule has 0 aliphatic rings. The third-order valence-corrected chi connectivity index (χ3v) is 3.10. The molecule has 1 unspecified atom stereocenters. The molecular weight excluding hydrogens is 280 g/mol. The van der Waals surface area contributed by atoms with Crippen LogP contribution in [0.15, 0.2) is 24.3 Å². The second kappa shape index (κ2) is 8.43. The summed E-state index contributed by atoms with van der Waals surface area (Å²) in [5.74, 6) is -0.932. The van der Waals surface area contributed by atoms with Gasteiger partial charge in [-0.2, -0.15) is 0 Å². The highest BCUT2D eigenvalue weighted by atomic mass is 35.5. The number of halogens is 1. The number of carboxylic acids is 1. The molecule has 3 N–H and O–H groups in total. The molecule has 0 saturated carbocycles. The van der Waals surface area contributed by atoms with Crippen LogP contribution >= 0.6 is 11.6 Å². The van der Waals surface area contributed by atoms with Crippen molar-refractivity contribution in [1.82, 2.24) is 10.6 Å². The van der Waals surface area contributed by atoms with Crippen molar-refractivity contribution in [2.24, 2.45) is 0 Å². The van der Waals surface area contributed by atoms with Gasteiger partial charge in [-0.05, 0) is 30.5 Å². The number of carbonyl (C=O) groups excluding carboxylic acids is 1. The van der Waals surface area contributed by atoms with Crippen molar-refractivity contribution in [3.05, 3.63) is 34.9 Å². The van der Waals surface area contributed by atoms with Crippen LogP contribution in [0.4, 0.5) is 4.79 Å². The Morgan fingerprint density at radius 1 is 1.30 bits per heavy atom. The molecule has 0 fully saturated rings. The highest BCUT2D eigenvalue weighted by Gasteiger charge is 2.11. The summed E-state index contributed by atoms with van der Waals surface area (Å²) in [5.41, 5.74) is 1.09. The van der Waals surface area contributed by atoms with E-state index in [9.17, 15) is 9.59 Å². The quantitative estimate of drug-likeness (QED) is 0.723. The van der Waals surface area contributed by atoms with Crippen LogP contribution in [0.5, 0.6) is 0 Å². The van der Waals surface area contributed by atoms with Crippen molar-refractivity contribution in [2.75, 3.05) is 6.54 Å². The van der Waals surface area contributed by atoms with Gasteiger partial charge in [0, 0.05) is 17.6 Å². The van der Waals surface area contributed by atoms with Gasteiger partial charge in [0.25, 0.3) is 0 Å². The monoisotopic (exact) mass is 298 g/mol. The molecule has 110 valence electrons. The van der Waals surface area contributed by atoms with Crippen molar-refractivity contribution in [3.8, 4) is 0 Å². The van der Waals surface area contributed by atoms with Crippen LogP contribution in [0.3, 0.4) is 0 Å². The summed E-state index contributed by atoms with van der Waals surface area (Å²) in [4.78, 5) is 21.9. The second-order valence-electron chi connectivity index (χ2n) is 4.48. The van der Waals surface area contributed by atoms with Crippen LogP contribution in [0.2, 0.25) is 5.02 Å². The first-order valence-electron chi connectivity index (χ1n) is 6.52. The summed E-state index contributed by atoms with van der Waals surface area (Å²) >= 11 is 5.82. The van der Waals surface area contributed by atoms with E-state index in [4.69, 9.17) is 16.7 Å². The Hall–Kier alpha value is -1.75. The first-order valence-corrected chi connectivity index (χ1v) is 6.89. The number of carboxylic acid groups (broad SMARTS) is 1. The summed E-state index contributed by atoms with van der Waals surface area (Å²) in [6.45, 7) is 2.11. The van der Waals surface area contributed by atoms with Crippen molar-refractivity contribution in [1.29, 1.82) is 0 Å². The predicted molar refractivity (Wildman–Crippen MR) is 78.0 cm³/mol. The summed E-state index contributed by atoms with van der Waals surface area (Å²) < 4.78 is 0. The molecule has 20 heavy (non-hydrogen) atoms. The van der Waals surface area contributed by atoms with E-state index < -0.39 is 5.97 Å². The Kier molecular flexibility index (Phi) is 6.87. The molecule has 0 radical (unpaired) electrons. The molecule has 0 bridgehead atoms. The van der Waals surface area contributed by atoms with Crippen LogP contribution in [0.25, 0.3) is 0 Å². The third-order valence-electron chi connectivity index (χ3n) is 2.85. The normalized spacial score (nSPS) is 11.7. The van der Waals surface area contributed by atoms with E-state index in [1.54, 1.807) is 0 Å². The van der Waals surface area contributed by atoms with Gasteiger partial charge in [-0.3, -0.25) is 4.79 Å². The van der Waals surface area contributed by atoms with Gasteiger partial charge in [0.15, 0.2) is 0 Å². The van der Waals surface area contributed by atoms with Crippen LogP contribution < -0.4 is 10.6 Å². The van der Waals surface area contributed by atoms with E-state index >= 15 is 0 Å². The van der Waals surface area contributed by atoms with Crippen LogP contribution in [-0.2, 0) is 11.2 Å². The minimum Gasteiger partial charge on any atom is -0.481 e. The van der Waals surface area contributed by atoms with Gasteiger partial charge in [-0.1, -0.05) is 30.7 Å². The van der Waals surface area contributed by atoms with E-state index in [2.05, 4.69) is 10.6 Å². The average Bonchev–Trinajstić information content (AvgIpc) is 2.40. The van der Waals surface area contributed by atoms with Gasteiger partial charge in [0.2, 0.25) is 0 Å². The lowest BCUT2D eigenvalue weighted by atomic mass is 10.0.